The van der Waals surface area contributed by atoms with E-state index in [-0.39, 0.29) is 12.2 Å². The number of carbonyl (C=O) groups is 1. The van der Waals surface area contributed by atoms with Crippen LogP contribution in [0.15, 0.2) is 48.5 Å². The summed E-state index contributed by atoms with van der Waals surface area (Å²) in [4.78, 5) is 12.5. The summed E-state index contributed by atoms with van der Waals surface area (Å²) >= 11 is 0. The van der Waals surface area contributed by atoms with Gasteiger partial charge >= 0.3 is 0 Å². The Bertz CT molecular complexity index is 868. The quantitative estimate of drug-likeness (QED) is 0.857. The van der Waals surface area contributed by atoms with E-state index in [2.05, 4.69) is 5.32 Å². The SMILES string of the molecule is Cc1ccccc1CNC(=O)[C@@H](C)N(c1cccc(F)c1)S(C)(=O)=O. The first kappa shape index (κ1) is 18.9. The molecule has 2 rings (SSSR count). The Balaban J connectivity index is 2.20. The van der Waals surface area contributed by atoms with Crippen molar-refractivity contribution in [2.45, 2.75) is 26.4 Å². The zero-order chi connectivity index (χ0) is 18.6. The largest absolute Gasteiger partial charge is 0.350 e. The lowest BCUT2D eigenvalue weighted by atomic mass is 10.1. The van der Waals surface area contributed by atoms with E-state index < -0.39 is 27.8 Å². The highest BCUT2D eigenvalue weighted by atomic mass is 32.2. The predicted molar refractivity (Wildman–Crippen MR) is 96.2 cm³/mol. The van der Waals surface area contributed by atoms with E-state index >= 15 is 0 Å². The maximum Gasteiger partial charge on any atom is 0.243 e. The summed E-state index contributed by atoms with van der Waals surface area (Å²) in [6.07, 6.45) is 0.989. The zero-order valence-corrected chi connectivity index (χ0v) is 15.2. The summed E-state index contributed by atoms with van der Waals surface area (Å²) in [6, 6.07) is 11.7. The lowest BCUT2D eigenvalue weighted by molar-refractivity contribution is -0.122. The van der Waals surface area contributed by atoms with Crippen molar-refractivity contribution in [3.8, 4) is 0 Å². The highest BCUT2D eigenvalue weighted by Crippen LogP contribution is 2.21. The highest BCUT2D eigenvalue weighted by Gasteiger charge is 2.29. The molecule has 2 aromatic carbocycles. The van der Waals surface area contributed by atoms with E-state index in [9.17, 15) is 17.6 Å². The Kier molecular flexibility index (Phi) is 5.79. The van der Waals surface area contributed by atoms with Crippen molar-refractivity contribution >= 4 is 21.6 Å². The van der Waals surface area contributed by atoms with Crippen LogP contribution in [0.2, 0.25) is 0 Å². The summed E-state index contributed by atoms with van der Waals surface area (Å²) in [7, 11) is -3.76. The molecule has 0 aliphatic carbocycles. The molecule has 0 fully saturated rings. The first-order valence-electron chi connectivity index (χ1n) is 7.77. The number of nitrogens with one attached hydrogen (secondary N) is 1. The number of amides is 1. The van der Waals surface area contributed by atoms with Gasteiger partial charge in [0.2, 0.25) is 15.9 Å². The van der Waals surface area contributed by atoms with Gasteiger partial charge in [-0.25, -0.2) is 12.8 Å². The highest BCUT2D eigenvalue weighted by molar-refractivity contribution is 7.92. The molecule has 2 aromatic rings. The molecule has 0 radical (unpaired) electrons. The van der Waals surface area contributed by atoms with Crippen molar-refractivity contribution in [2.24, 2.45) is 0 Å². The van der Waals surface area contributed by atoms with Crippen LogP contribution in [0.3, 0.4) is 0 Å². The number of rotatable bonds is 6. The van der Waals surface area contributed by atoms with Gasteiger partial charge in [0.15, 0.2) is 0 Å². The Morgan fingerprint density at radius 3 is 2.48 bits per heavy atom. The Morgan fingerprint density at radius 1 is 1.20 bits per heavy atom. The van der Waals surface area contributed by atoms with Crippen LogP contribution in [-0.4, -0.2) is 26.6 Å². The van der Waals surface area contributed by atoms with E-state index in [1.807, 2.05) is 31.2 Å². The molecule has 5 nitrogen and oxygen atoms in total. The minimum Gasteiger partial charge on any atom is -0.350 e. The Morgan fingerprint density at radius 2 is 1.88 bits per heavy atom. The second-order valence-corrected chi connectivity index (χ2v) is 7.72. The zero-order valence-electron chi connectivity index (χ0n) is 14.4. The number of nitrogens with zero attached hydrogens (tertiary/aromatic N) is 1. The van der Waals surface area contributed by atoms with Crippen LogP contribution in [0, 0.1) is 12.7 Å². The van der Waals surface area contributed by atoms with Crippen molar-refractivity contribution in [3.05, 3.63) is 65.5 Å². The number of hydrogen-bond acceptors (Lipinski definition) is 3. The van der Waals surface area contributed by atoms with Gasteiger partial charge < -0.3 is 5.32 Å². The molecule has 0 saturated carbocycles. The Labute approximate surface area is 147 Å². The van der Waals surface area contributed by atoms with Crippen molar-refractivity contribution < 1.29 is 17.6 Å². The second-order valence-electron chi connectivity index (χ2n) is 5.86. The third kappa shape index (κ3) is 4.79. The van der Waals surface area contributed by atoms with Crippen molar-refractivity contribution in [1.29, 1.82) is 0 Å². The standard InChI is InChI=1S/C18H21FN2O3S/c1-13-7-4-5-8-15(13)12-20-18(22)14(2)21(25(3,23)24)17-10-6-9-16(19)11-17/h4-11,14H,12H2,1-3H3,(H,20,22)/t14-/m1/s1. The summed E-state index contributed by atoms with van der Waals surface area (Å²) < 4.78 is 38.7. The lowest BCUT2D eigenvalue weighted by Gasteiger charge is -2.28. The average Bonchev–Trinajstić information content (AvgIpc) is 2.52. The molecule has 7 heteroatoms. The van der Waals surface area contributed by atoms with Gasteiger partial charge in [-0.05, 0) is 43.2 Å². The molecule has 0 bridgehead atoms. The normalized spacial score (nSPS) is 12.5. The molecular formula is C18H21FN2O3S. The second kappa shape index (κ2) is 7.65. The van der Waals surface area contributed by atoms with Gasteiger partial charge in [0.1, 0.15) is 11.9 Å². The molecule has 1 N–H and O–H groups in total. The van der Waals surface area contributed by atoms with E-state index in [1.54, 1.807) is 0 Å². The number of benzene rings is 2. The number of aryl methyl sites for hydroxylation is 1. The van der Waals surface area contributed by atoms with Crippen LogP contribution in [0.25, 0.3) is 0 Å². The maximum atomic E-state index is 13.5. The molecule has 1 atom stereocenters. The lowest BCUT2D eigenvalue weighted by Crippen LogP contribution is -2.47. The topological polar surface area (TPSA) is 66.5 Å². The molecule has 25 heavy (non-hydrogen) atoms. The summed E-state index contributed by atoms with van der Waals surface area (Å²) in [6.45, 7) is 3.69. The molecule has 0 saturated heterocycles. The van der Waals surface area contributed by atoms with Gasteiger partial charge in [-0.3, -0.25) is 9.10 Å². The van der Waals surface area contributed by atoms with Crippen LogP contribution in [0.4, 0.5) is 10.1 Å². The summed E-state index contributed by atoms with van der Waals surface area (Å²) in [5.74, 6) is -1.03. The fraction of sp³-hybridized carbons (Fsp3) is 0.278. The van der Waals surface area contributed by atoms with E-state index in [1.165, 1.54) is 25.1 Å². The third-order valence-electron chi connectivity index (χ3n) is 3.87. The van der Waals surface area contributed by atoms with E-state index in [4.69, 9.17) is 0 Å². The molecule has 134 valence electrons. The first-order chi connectivity index (χ1) is 11.7. The molecule has 0 aromatic heterocycles. The smallest absolute Gasteiger partial charge is 0.243 e. The number of hydrogen-bond donors (Lipinski definition) is 1. The number of carbonyl (C=O) groups excluding carboxylic acids is 1. The van der Waals surface area contributed by atoms with Crippen molar-refractivity contribution in [3.63, 3.8) is 0 Å². The molecule has 0 unspecified atom stereocenters. The van der Waals surface area contributed by atoms with Crippen LogP contribution >= 0.6 is 0 Å². The summed E-state index contributed by atoms with van der Waals surface area (Å²) in [5.41, 5.74) is 2.08. The predicted octanol–water partition coefficient (Wildman–Crippen LogP) is 2.61. The van der Waals surface area contributed by atoms with Gasteiger partial charge in [-0.15, -0.1) is 0 Å². The number of anilines is 1. The van der Waals surface area contributed by atoms with E-state index in [0.717, 1.165) is 27.8 Å². The van der Waals surface area contributed by atoms with Gasteiger partial charge in [0, 0.05) is 6.54 Å². The van der Waals surface area contributed by atoms with Crippen LogP contribution in [0.1, 0.15) is 18.1 Å². The Hall–Kier alpha value is -2.41. The molecule has 0 aliphatic rings. The van der Waals surface area contributed by atoms with Gasteiger partial charge in [-0.2, -0.15) is 0 Å². The molecule has 1 amide bonds. The first-order valence-corrected chi connectivity index (χ1v) is 9.62. The fourth-order valence-electron chi connectivity index (χ4n) is 2.56. The van der Waals surface area contributed by atoms with Crippen LogP contribution in [0.5, 0.6) is 0 Å². The fourth-order valence-corrected chi connectivity index (χ4v) is 3.73. The average molecular weight is 364 g/mol. The summed E-state index contributed by atoms with van der Waals surface area (Å²) in [5, 5.41) is 2.74. The number of halogens is 1. The molecule has 0 spiro atoms. The van der Waals surface area contributed by atoms with E-state index in [0.29, 0.717) is 0 Å². The molecule has 0 heterocycles. The molecule has 0 aliphatic heterocycles. The van der Waals surface area contributed by atoms with Gasteiger partial charge in [0.25, 0.3) is 0 Å². The van der Waals surface area contributed by atoms with Crippen molar-refractivity contribution in [2.75, 3.05) is 10.6 Å². The van der Waals surface area contributed by atoms with Crippen LogP contribution < -0.4 is 9.62 Å². The third-order valence-corrected chi connectivity index (χ3v) is 5.11. The van der Waals surface area contributed by atoms with Crippen molar-refractivity contribution in [1.82, 2.24) is 5.32 Å². The minimum atomic E-state index is -3.76. The van der Waals surface area contributed by atoms with Gasteiger partial charge in [-0.1, -0.05) is 30.3 Å². The maximum absolute atomic E-state index is 13.5. The number of sulfonamides is 1. The minimum absolute atomic E-state index is 0.112. The van der Waals surface area contributed by atoms with Gasteiger partial charge in [0.05, 0.1) is 11.9 Å². The van der Waals surface area contributed by atoms with Crippen LogP contribution in [-0.2, 0) is 21.4 Å². The molecular weight excluding hydrogens is 343 g/mol. The monoisotopic (exact) mass is 364 g/mol.